The van der Waals surface area contributed by atoms with Gasteiger partial charge in [0.15, 0.2) is 0 Å². The van der Waals surface area contributed by atoms with Crippen LogP contribution in [-0.4, -0.2) is 39.8 Å². The minimum atomic E-state index is -0.678. The number of carbonyl (C=O) groups excluding carboxylic acids is 2. The molecular formula is C30H28N2O4. The van der Waals surface area contributed by atoms with E-state index in [0.29, 0.717) is 30.9 Å². The molecule has 182 valence electrons. The van der Waals surface area contributed by atoms with E-state index in [1.807, 2.05) is 68.6 Å². The molecule has 5 rings (SSSR count). The molecule has 1 saturated heterocycles. The third-order valence-corrected chi connectivity index (χ3v) is 6.67. The maximum Gasteiger partial charge on any atom is 0.295 e. The average molecular weight is 481 g/mol. The van der Waals surface area contributed by atoms with Crippen LogP contribution in [0.1, 0.15) is 35.2 Å². The lowest BCUT2D eigenvalue weighted by Gasteiger charge is -2.25. The zero-order valence-corrected chi connectivity index (χ0v) is 20.3. The molecule has 1 aliphatic heterocycles. The Bertz CT molecular complexity index is 1450. The van der Waals surface area contributed by atoms with E-state index in [-0.39, 0.29) is 11.3 Å². The first-order chi connectivity index (χ1) is 17.5. The number of carbonyl (C=O) groups is 2. The third kappa shape index (κ3) is 4.26. The molecule has 1 aliphatic rings. The Morgan fingerprint density at radius 3 is 2.44 bits per heavy atom. The van der Waals surface area contributed by atoms with E-state index in [2.05, 4.69) is 4.98 Å². The summed E-state index contributed by atoms with van der Waals surface area (Å²) in [4.78, 5) is 31.4. The predicted molar refractivity (Wildman–Crippen MR) is 140 cm³/mol. The van der Waals surface area contributed by atoms with Gasteiger partial charge in [-0.2, -0.15) is 0 Å². The molecule has 1 aromatic heterocycles. The summed E-state index contributed by atoms with van der Waals surface area (Å²) in [6.45, 7) is 4.75. The highest BCUT2D eigenvalue weighted by Gasteiger charge is 2.45. The first-order valence-electron chi connectivity index (χ1n) is 12.1. The van der Waals surface area contributed by atoms with Crippen molar-refractivity contribution in [3.05, 3.63) is 107 Å². The van der Waals surface area contributed by atoms with Crippen LogP contribution in [0.4, 0.5) is 0 Å². The molecule has 1 fully saturated rings. The quantitative estimate of drug-likeness (QED) is 0.207. The van der Waals surface area contributed by atoms with Gasteiger partial charge in [-0.05, 0) is 61.7 Å². The number of ether oxygens (including phenoxy) is 1. The summed E-state index contributed by atoms with van der Waals surface area (Å²) in [5.74, 6) is -0.793. The van der Waals surface area contributed by atoms with Gasteiger partial charge in [0.2, 0.25) is 0 Å². The van der Waals surface area contributed by atoms with Gasteiger partial charge < -0.3 is 19.7 Å². The lowest BCUT2D eigenvalue weighted by molar-refractivity contribution is -0.139. The summed E-state index contributed by atoms with van der Waals surface area (Å²) >= 11 is 0. The molecule has 0 saturated carbocycles. The van der Waals surface area contributed by atoms with E-state index in [1.54, 1.807) is 29.2 Å². The third-order valence-electron chi connectivity index (χ3n) is 6.67. The number of hydrogen-bond acceptors (Lipinski definition) is 4. The van der Waals surface area contributed by atoms with Crippen LogP contribution >= 0.6 is 0 Å². The molecule has 1 amide bonds. The highest BCUT2D eigenvalue weighted by Crippen LogP contribution is 2.40. The molecule has 0 spiro atoms. The minimum absolute atomic E-state index is 0.104. The van der Waals surface area contributed by atoms with Crippen molar-refractivity contribution in [1.82, 2.24) is 9.88 Å². The van der Waals surface area contributed by atoms with Gasteiger partial charge >= 0.3 is 0 Å². The van der Waals surface area contributed by atoms with Gasteiger partial charge in [0.25, 0.3) is 11.7 Å². The van der Waals surface area contributed by atoms with Crippen LogP contribution in [0.2, 0.25) is 0 Å². The molecule has 0 radical (unpaired) electrons. The number of aliphatic hydroxyl groups is 1. The maximum absolute atomic E-state index is 13.3. The fourth-order valence-electron chi connectivity index (χ4n) is 4.82. The topological polar surface area (TPSA) is 82.6 Å². The molecule has 2 heterocycles. The number of hydrogen-bond donors (Lipinski definition) is 2. The zero-order chi connectivity index (χ0) is 25.2. The number of para-hydroxylation sites is 1. The molecule has 2 N–H and O–H groups in total. The normalized spacial score (nSPS) is 17.2. The Morgan fingerprint density at radius 1 is 1.00 bits per heavy atom. The molecule has 4 aromatic rings. The minimum Gasteiger partial charge on any atom is -0.507 e. The standard InChI is InChI=1S/C30H28N2O4/c1-3-36-23-14-12-21(13-15-23)28(33)26-27(20-10-8-19(2)9-11-20)32(30(35)29(26)34)17-16-22-18-31-25-7-5-4-6-24(22)25/h4-15,18,27,31,33H,3,16-17H2,1-2H3/t27-/m0/s1. The van der Waals surface area contributed by atoms with E-state index >= 15 is 0 Å². The molecule has 6 nitrogen and oxygen atoms in total. The summed E-state index contributed by atoms with van der Waals surface area (Å²) < 4.78 is 5.49. The van der Waals surface area contributed by atoms with Gasteiger partial charge in [0.1, 0.15) is 11.5 Å². The fourth-order valence-corrected chi connectivity index (χ4v) is 4.82. The fraction of sp³-hybridized carbons (Fsp3) is 0.200. The zero-order valence-electron chi connectivity index (χ0n) is 20.3. The lowest BCUT2D eigenvalue weighted by Crippen LogP contribution is -2.31. The van der Waals surface area contributed by atoms with E-state index in [9.17, 15) is 14.7 Å². The number of nitrogens with zero attached hydrogens (tertiary/aromatic N) is 1. The highest BCUT2D eigenvalue weighted by molar-refractivity contribution is 6.46. The van der Waals surface area contributed by atoms with Crippen molar-refractivity contribution in [1.29, 1.82) is 0 Å². The molecule has 3 aromatic carbocycles. The number of aryl methyl sites for hydroxylation is 1. The van der Waals surface area contributed by atoms with Crippen LogP contribution in [0.15, 0.2) is 84.6 Å². The molecular weight excluding hydrogens is 452 g/mol. The second kappa shape index (κ2) is 9.74. The number of aromatic nitrogens is 1. The van der Waals surface area contributed by atoms with Crippen molar-refractivity contribution < 1.29 is 19.4 Å². The number of fused-ring (bicyclic) bond motifs is 1. The Hall–Kier alpha value is -4.32. The Balaban J connectivity index is 1.54. The molecule has 0 bridgehead atoms. The van der Waals surface area contributed by atoms with E-state index in [4.69, 9.17) is 4.74 Å². The molecule has 0 unspecified atom stereocenters. The number of H-pyrrole nitrogens is 1. The Labute approximate surface area is 209 Å². The SMILES string of the molecule is CCOc1ccc(C(O)=C2C(=O)C(=O)N(CCc3c[nH]c4ccccc34)[C@H]2c2ccc(C)cc2)cc1. The number of rotatable bonds is 7. The number of likely N-dealkylation sites (tertiary alicyclic amines) is 1. The van der Waals surface area contributed by atoms with Crippen LogP contribution in [0.25, 0.3) is 16.7 Å². The summed E-state index contributed by atoms with van der Waals surface area (Å²) in [5, 5.41) is 12.4. The van der Waals surface area contributed by atoms with Gasteiger partial charge in [0, 0.05) is 29.2 Å². The van der Waals surface area contributed by atoms with Gasteiger partial charge in [-0.25, -0.2) is 0 Å². The van der Waals surface area contributed by atoms with Gasteiger partial charge in [0.05, 0.1) is 18.2 Å². The summed E-state index contributed by atoms with van der Waals surface area (Å²) in [7, 11) is 0. The average Bonchev–Trinajstić information content (AvgIpc) is 3.42. The van der Waals surface area contributed by atoms with Crippen molar-refractivity contribution in [2.75, 3.05) is 13.2 Å². The van der Waals surface area contributed by atoms with Crippen molar-refractivity contribution in [3.63, 3.8) is 0 Å². The maximum atomic E-state index is 13.3. The predicted octanol–water partition coefficient (Wildman–Crippen LogP) is 5.54. The second-order valence-electron chi connectivity index (χ2n) is 8.97. The van der Waals surface area contributed by atoms with Crippen molar-refractivity contribution in [2.24, 2.45) is 0 Å². The second-order valence-corrected chi connectivity index (χ2v) is 8.97. The first-order valence-corrected chi connectivity index (χ1v) is 12.1. The van der Waals surface area contributed by atoms with E-state index < -0.39 is 17.7 Å². The van der Waals surface area contributed by atoms with E-state index in [1.165, 1.54) is 0 Å². The van der Waals surface area contributed by atoms with Crippen LogP contribution in [0, 0.1) is 6.92 Å². The summed E-state index contributed by atoms with van der Waals surface area (Å²) in [5.41, 5.74) is 4.52. The largest absolute Gasteiger partial charge is 0.507 e. The van der Waals surface area contributed by atoms with Crippen molar-refractivity contribution in [3.8, 4) is 5.75 Å². The van der Waals surface area contributed by atoms with Crippen LogP contribution in [-0.2, 0) is 16.0 Å². The molecule has 0 aliphatic carbocycles. The number of amides is 1. The number of benzene rings is 3. The van der Waals surface area contributed by atoms with Crippen LogP contribution in [0.5, 0.6) is 5.75 Å². The molecule has 1 atom stereocenters. The van der Waals surface area contributed by atoms with E-state index in [0.717, 1.165) is 27.6 Å². The molecule has 36 heavy (non-hydrogen) atoms. The van der Waals surface area contributed by atoms with Gasteiger partial charge in [-0.15, -0.1) is 0 Å². The smallest absolute Gasteiger partial charge is 0.295 e. The summed E-state index contributed by atoms with van der Waals surface area (Å²) in [6.07, 6.45) is 2.52. The monoisotopic (exact) mass is 480 g/mol. The number of aliphatic hydroxyl groups excluding tert-OH is 1. The Morgan fingerprint density at radius 2 is 1.72 bits per heavy atom. The first kappa shape index (κ1) is 23.4. The lowest BCUT2D eigenvalue weighted by atomic mass is 9.94. The number of aromatic amines is 1. The number of ketones is 1. The summed E-state index contributed by atoms with van der Waals surface area (Å²) in [6, 6.07) is 21.9. The van der Waals surface area contributed by atoms with Crippen LogP contribution in [0.3, 0.4) is 0 Å². The van der Waals surface area contributed by atoms with Crippen molar-refractivity contribution in [2.45, 2.75) is 26.3 Å². The van der Waals surface area contributed by atoms with Crippen LogP contribution < -0.4 is 4.74 Å². The Kier molecular flexibility index (Phi) is 6.34. The van der Waals surface area contributed by atoms with Gasteiger partial charge in [-0.1, -0.05) is 48.0 Å². The van der Waals surface area contributed by atoms with Gasteiger partial charge in [-0.3, -0.25) is 9.59 Å². The molecule has 6 heteroatoms. The number of nitrogens with one attached hydrogen (secondary N) is 1. The number of Topliss-reactive ketones (excluding diaryl/α,β-unsaturated/α-hetero) is 1. The van der Waals surface area contributed by atoms with Crippen molar-refractivity contribution >= 4 is 28.4 Å². The highest BCUT2D eigenvalue weighted by atomic mass is 16.5.